The Morgan fingerprint density at radius 1 is 1.71 bits per heavy atom. The van der Waals surface area contributed by atoms with E-state index in [1.165, 1.54) is 0 Å². The maximum Gasteiger partial charge on any atom is 0.0727 e. The molecule has 0 fully saturated rings. The molecule has 1 nitrogen and oxygen atoms in total. The first-order valence-electron chi connectivity index (χ1n) is 2.06. The van der Waals surface area contributed by atoms with Gasteiger partial charge in [-0.1, -0.05) is 0 Å². The third-order valence-corrected chi connectivity index (χ3v) is 1.68. The lowest BCUT2D eigenvalue weighted by atomic mass is 10.3. The molecule has 0 aliphatic heterocycles. The molecule has 0 aromatic carbocycles. The molecule has 1 N–H and O–H groups in total. The van der Waals surface area contributed by atoms with Crippen molar-refractivity contribution < 1.29 is 5.11 Å². The summed E-state index contributed by atoms with van der Waals surface area (Å²) in [5.41, 5.74) is 0. The Labute approximate surface area is 53.2 Å². The molecule has 0 aliphatic carbocycles. The molecule has 0 aromatic rings. The average molecular weight is 143 g/mol. The molecule has 0 heterocycles. The van der Waals surface area contributed by atoms with E-state index in [-0.39, 0.29) is 5.38 Å². The summed E-state index contributed by atoms with van der Waals surface area (Å²) < 4.78 is 0. The summed E-state index contributed by atoms with van der Waals surface area (Å²) in [6.07, 6.45) is -0.501. The first kappa shape index (κ1) is 7.54. The molecule has 44 valence electrons. The van der Waals surface area contributed by atoms with Gasteiger partial charge in [0, 0.05) is 5.88 Å². The number of hydrogen-bond acceptors (Lipinski definition) is 1. The molecular formula is C4H8Cl2O. The number of aliphatic hydroxyl groups is 1. The van der Waals surface area contributed by atoms with Gasteiger partial charge in [-0.3, -0.25) is 0 Å². The number of hydrogen-bond donors (Lipinski definition) is 1. The lowest BCUT2D eigenvalue weighted by molar-refractivity contribution is 0.195. The lowest BCUT2D eigenvalue weighted by Gasteiger charge is -2.05. The summed E-state index contributed by atoms with van der Waals surface area (Å²) in [5.74, 6) is 0.305. The van der Waals surface area contributed by atoms with Gasteiger partial charge in [0.1, 0.15) is 0 Å². The van der Waals surface area contributed by atoms with Crippen molar-refractivity contribution in [3.8, 4) is 0 Å². The van der Waals surface area contributed by atoms with E-state index in [2.05, 4.69) is 0 Å². The normalized spacial score (nSPS) is 18.9. The second-order valence-corrected chi connectivity index (χ2v) is 2.28. The van der Waals surface area contributed by atoms with Gasteiger partial charge >= 0.3 is 0 Å². The molecule has 0 saturated heterocycles. The van der Waals surface area contributed by atoms with Crippen molar-refractivity contribution >= 4 is 23.2 Å². The monoisotopic (exact) mass is 142 g/mol. The second-order valence-electron chi connectivity index (χ2n) is 1.41. The molecule has 2 atom stereocenters. The van der Waals surface area contributed by atoms with Gasteiger partial charge in [-0.25, -0.2) is 0 Å². The standard InChI is InChI=1S/C4H8Cl2O/c1-3(7)4(6)2-5/h3-4,7H,2H2,1H3. The highest BCUT2D eigenvalue weighted by molar-refractivity contribution is 6.28. The highest BCUT2D eigenvalue weighted by atomic mass is 35.5. The highest BCUT2D eigenvalue weighted by Crippen LogP contribution is 2.02. The molecular weight excluding hydrogens is 135 g/mol. The van der Waals surface area contributed by atoms with Crippen LogP contribution in [0, 0.1) is 0 Å². The second kappa shape index (κ2) is 3.53. The Hall–Kier alpha value is 0.540. The summed E-state index contributed by atoms with van der Waals surface area (Å²) >= 11 is 10.7. The smallest absolute Gasteiger partial charge is 0.0727 e. The summed E-state index contributed by atoms with van der Waals surface area (Å²) in [5, 5.41) is 8.30. The van der Waals surface area contributed by atoms with Crippen LogP contribution in [0.1, 0.15) is 6.92 Å². The van der Waals surface area contributed by atoms with E-state index in [0.717, 1.165) is 0 Å². The molecule has 2 unspecified atom stereocenters. The molecule has 0 bridgehead atoms. The Bertz CT molecular complexity index is 47.0. The minimum absolute atomic E-state index is 0.304. The topological polar surface area (TPSA) is 20.2 Å². The van der Waals surface area contributed by atoms with Gasteiger partial charge in [0.05, 0.1) is 11.5 Å². The average Bonchev–Trinajstić information content (AvgIpc) is 1.65. The Balaban J connectivity index is 3.14. The molecule has 7 heavy (non-hydrogen) atoms. The third-order valence-electron chi connectivity index (χ3n) is 0.671. The van der Waals surface area contributed by atoms with E-state index in [0.29, 0.717) is 5.88 Å². The van der Waals surface area contributed by atoms with Crippen molar-refractivity contribution in [1.82, 2.24) is 0 Å². The Morgan fingerprint density at radius 2 is 2.14 bits per heavy atom. The minimum atomic E-state index is -0.501. The molecule has 0 spiro atoms. The number of halogens is 2. The fraction of sp³-hybridized carbons (Fsp3) is 1.00. The zero-order chi connectivity index (χ0) is 5.86. The third kappa shape index (κ3) is 3.15. The predicted octanol–water partition coefficient (Wildman–Crippen LogP) is 1.21. The molecule has 0 aromatic heterocycles. The van der Waals surface area contributed by atoms with Crippen LogP contribution in [0.3, 0.4) is 0 Å². The SMILES string of the molecule is CC(O)C(Cl)CCl. The molecule has 0 rings (SSSR count). The van der Waals surface area contributed by atoms with E-state index in [1.807, 2.05) is 0 Å². The summed E-state index contributed by atoms with van der Waals surface area (Å²) in [7, 11) is 0. The van der Waals surface area contributed by atoms with Crippen LogP contribution >= 0.6 is 23.2 Å². The Morgan fingerprint density at radius 3 is 2.14 bits per heavy atom. The fourth-order valence-electron chi connectivity index (χ4n) is 0.129. The van der Waals surface area contributed by atoms with Crippen molar-refractivity contribution in [2.45, 2.75) is 18.4 Å². The number of alkyl halides is 2. The van der Waals surface area contributed by atoms with E-state index in [1.54, 1.807) is 6.92 Å². The van der Waals surface area contributed by atoms with Gasteiger partial charge in [0.25, 0.3) is 0 Å². The molecule has 0 amide bonds. The van der Waals surface area contributed by atoms with Gasteiger partial charge in [-0.15, -0.1) is 23.2 Å². The molecule has 0 saturated carbocycles. The molecule has 0 radical (unpaired) electrons. The van der Waals surface area contributed by atoms with Crippen molar-refractivity contribution in [2.24, 2.45) is 0 Å². The van der Waals surface area contributed by atoms with Crippen LogP contribution in [-0.4, -0.2) is 22.5 Å². The number of rotatable bonds is 2. The van der Waals surface area contributed by atoms with Crippen LogP contribution in [0.2, 0.25) is 0 Å². The molecule has 3 heteroatoms. The van der Waals surface area contributed by atoms with Crippen molar-refractivity contribution in [2.75, 3.05) is 5.88 Å². The maximum absolute atomic E-state index is 8.60. The first-order chi connectivity index (χ1) is 3.18. The zero-order valence-electron chi connectivity index (χ0n) is 4.06. The highest BCUT2D eigenvalue weighted by Gasteiger charge is 2.07. The van der Waals surface area contributed by atoms with Crippen LogP contribution in [0.25, 0.3) is 0 Å². The van der Waals surface area contributed by atoms with E-state index in [9.17, 15) is 0 Å². The van der Waals surface area contributed by atoms with Gasteiger partial charge in [-0.2, -0.15) is 0 Å². The van der Waals surface area contributed by atoms with Gasteiger partial charge in [0.2, 0.25) is 0 Å². The van der Waals surface area contributed by atoms with E-state index < -0.39 is 6.10 Å². The van der Waals surface area contributed by atoms with Crippen molar-refractivity contribution in [1.29, 1.82) is 0 Å². The zero-order valence-corrected chi connectivity index (χ0v) is 5.58. The largest absolute Gasteiger partial charge is 0.392 e. The van der Waals surface area contributed by atoms with Crippen molar-refractivity contribution in [3.63, 3.8) is 0 Å². The summed E-state index contributed by atoms with van der Waals surface area (Å²) in [6.45, 7) is 1.61. The van der Waals surface area contributed by atoms with Crippen LogP contribution in [0.15, 0.2) is 0 Å². The van der Waals surface area contributed by atoms with Gasteiger partial charge < -0.3 is 5.11 Å². The van der Waals surface area contributed by atoms with Crippen LogP contribution in [0.4, 0.5) is 0 Å². The molecule has 0 aliphatic rings. The van der Waals surface area contributed by atoms with E-state index >= 15 is 0 Å². The first-order valence-corrected chi connectivity index (χ1v) is 3.03. The quantitative estimate of drug-likeness (QED) is 0.576. The van der Waals surface area contributed by atoms with E-state index in [4.69, 9.17) is 28.3 Å². The van der Waals surface area contributed by atoms with Gasteiger partial charge in [-0.05, 0) is 6.92 Å². The lowest BCUT2D eigenvalue weighted by Crippen LogP contribution is -2.17. The van der Waals surface area contributed by atoms with Crippen molar-refractivity contribution in [3.05, 3.63) is 0 Å². The van der Waals surface area contributed by atoms with Crippen LogP contribution < -0.4 is 0 Å². The summed E-state index contributed by atoms with van der Waals surface area (Å²) in [4.78, 5) is 0. The van der Waals surface area contributed by atoms with Crippen LogP contribution in [0.5, 0.6) is 0 Å². The maximum atomic E-state index is 8.60. The predicted molar refractivity (Wildman–Crippen MR) is 32.0 cm³/mol. The number of aliphatic hydroxyl groups excluding tert-OH is 1. The minimum Gasteiger partial charge on any atom is -0.392 e. The van der Waals surface area contributed by atoms with Gasteiger partial charge in [0.15, 0.2) is 0 Å². The van der Waals surface area contributed by atoms with Crippen LogP contribution in [-0.2, 0) is 0 Å². The fourth-order valence-corrected chi connectivity index (χ4v) is 0.387. The Kier molecular flexibility index (Phi) is 3.80. The summed E-state index contributed by atoms with van der Waals surface area (Å²) in [6, 6.07) is 0.